The molecule has 0 aromatic carbocycles. The highest BCUT2D eigenvalue weighted by molar-refractivity contribution is 5.52. The van der Waals surface area contributed by atoms with Gasteiger partial charge >= 0.3 is 0 Å². The quantitative estimate of drug-likeness (QED) is 0.358. The summed E-state index contributed by atoms with van der Waals surface area (Å²) in [6.45, 7) is 25.9. The maximum Gasteiger partial charge on any atom is 0.0149 e. The zero-order chi connectivity index (χ0) is 18.0. The Labute approximate surface area is 144 Å². The third-order valence-electron chi connectivity index (χ3n) is 4.77. The standard InChI is InChI=1S/C22H35N/c1-10-17(4)20(7)21(18(5)11-2)14-13-19(6)22(8,9)15-16-23-12-3/h11-14,23H,2-3,5,10,15-16H2,1,4,6-9H3/b19-13+,20-17-,21-14-. The molecule has 0 aromatic rings. The van der Waals surface area contributed by atoms with Crippen LogP contribution in [0.2, 0.25) is 0 Å². The van der Waals surface area contributed by atoms with Crippen LogP contribution in [0.5, 0.6) is 0 Å². The first-order valence-corrected chi connectivity index (χ1v) is 8.43. The SMILES string of the molecule is C=CNCCC(C)(C)/C(C)=C/C=C(C(=C)C=C)\C(C)=C(\C)CC. The second-order valence-corrected chi connectivity index (χ2v) is 6.71. The van der Waals surface area contributed by atoms with Crippen molar-refractivity contribution in [3.63, 3.8) is 0 Å². The fourth-order valence-corrected chi connectivity index (χ4v) is 2.20. The van der Waals surface area contributed by atoms with Crippen molar-refractivity contribution in [2.75, 3.05) is 6.54 Å². The van der Waals surface area contributed by atoms with Crippen LogP contribution in [0.1, 0.15) is 54.4 Å². The zero-order valence-corrected chi connectivity index (χ0v) is 16.1. The average Bonchev–Trinajstić information content (AvgIpc) is 2.53. The van der Waals surface area contributed by atoms with Crippen LogP contribution in [-0.4, -0.2) is 6.54 Å². The Bertz CT molecular complexity index is 524. The highest BCUT2D eigenvalue weighted by atomic mass is 14.8. The van der Waals surface area contributed by atoms with Gasteiger partial charge in [-0.25, -0.2) is 0 Å². The summed E-state index contributed by atoms with van der Waals surface area (Å²) in [6, 6.07) is 0. The van der Waals surface area contributed by atoms with Crippen molar-refractivity contribution in [2.24, 2.45) is 5.41 Å². The Morgan fingerprint density at radius 1 is 1.09 bits per heavy atom. The third-order valence-corrected chi connectivity index (χ3v) is 4.77. The van der Waals surface area contributed by atoms with E-state index in [4.69, 9.17) is 0 Å². The molecule has 0 aliphatic heterocycles. The van der Waals surface area contributed by atoms with Gasteiger partial charge in [-0.3, -0.25) is 0 Å². The molecule has 128 valence electrons. The first-order valence-electron chi connectivity index (χ1n) is 8.43. The molecule has 0 unspecified atom stereocenters. The van der Waals surface area contributed by atoms with Gasteiger partial charge in [0.15, 0.2) is 0 Å². The number of nitrogens with one attached hydrogen (secondary N) is 1. The van der Waals surface area contributed by atoms with Crippen molar-refractivity contribution in [1.29, 1.82) is 0 Å². The Hall–Kier alpha value is -1.76. The van der Waals surface area contributed by atoms with E-state index in [2.05, 4.69) is 78.7 Å². The van der Waals surface area contributed by atoms with E-state index in [9.17, 15) is 0 Å². The van der Waals surface area contributed by atoms with E-state index in [0.29, 0.717) is 0 Å². The van der Waals surface area contributed by atoms with Gasteiger partial charge < -0.3 is 5.32 Å². The van der Waals surface area contributed by atoms with E-state index in [1.165, 1.54) is 22.3 Å². The van der Waals surface area contributed by atoms with E-state index in [0.717, 1.165) is 25.0 Å². The molecule has 0 fully saturated rings. The smallest absolute Gasteiger partial charge is 0.0149 e. The molecule has 0 rings (SSSR count). The van der Waals surface area contributed by atoms with Crippen LogP contribution in [-0.2, 0) is 0 Å². The molecule has 1 heteroatoms. The van der Waals surface area contributed by atoms with Crippen molar-refractivity contribution >= 4 is 0 Å². The van der Waals surface area contributed by atoms with E-state index < -0.39 is 0 Å². The van der Waals surface area contributed by atoms with Crippen molar-refractivity contribution in [3.05, 3.63) is 72.0 Å². The summed E-state index contributed by atoms with van der Waals surface area (Å²) in [5.74, 6) is 0. The van der Waals surface area contributed by atoms with Gasteiger partial charge in [-0.2, -0.15) is 0 Å². The number of hydrogen-bond acceptors (Lipinski definition) is 1. The molecule has 0 bridgehead atoms. The van der Waals surface area contributed by atoms with Gasteiger partial charge in [-0.15, -0.1) is 0 Å². The lowest BCUT2D eigenvalue weighted by atomic mass is 9.81. The van der Waals surface area contributed by atoms with Gasteiger partial charge in [0, 0.05) is 6.54 Å². The van der Waals surface area contributed by atoms with Crippen molar-refractivity contribution in [3.8, 4) is 0 Å². The number of rotatable bonds is 10. The van der Waals surface area contributed by atoms with Crippen LogP contribution in [0, 0.1) is 5.41 Å². The summed E-state index contributed by atoms with van der Waals surface area (Å²) >= 11 is 0. The van der Waals surface area contributed by atoms with Crippen LogP contribution >= 0.6 is 0 Å². The minimum Gasteiger partial charge on any atom is -0.391 e. The minimum absolute atomic E-state index is 0.143. The van der Waals surface area contributed by atoms with Gasteiger partial charge in [-0.05, 0) is 61.9 Å². The van der Waals surface area contributed by atoms with Crippen molar-refractivity contribution in [2.45, 2.75) is 54.4 Å². The highest BCUT2D eigenvalue weighted by Gasteiger charge is 2.19. The molecular weight excluding hydrogens is 278 g/mol. The average molecular weight is 314 g/mol. The molecule has 0 aliphatic carbocycles. The molecule has 1 N–H and O–H groups in total. The summed E-state index contributed by atoms with van der Waals surface area (Å²) < 4.78 is 0. The van der Waals surface area contributed by atoms with Gasteiger partial charge in [0.1, 0.15) is 0 Å². The maximum absolute atomic E-state index is 4.14. The topological polar surface area (TPSA) is 12.0 Å². The second kappa shape index (κ2) is 10.1. The predicted octanol–water partition coefficient (Wildman–Crippen LogP) is 6.50. The fourth-order valence-electron chi connectivity index (χ4n) is 2.20. The molecule has 0 aliphatic rings. The van der Waals surface area contributed by atoms with Crippen LogP contribution < -0.4 is 5.32 Å². The van der Waals surface area contributed by atoms with E-state index in [-0.39, 0.29) is 5.41 Å². The number of hydrogen-bond donors (Lipinski definition) is 1. The Morgan fingerprint density at radius 3 is 2.17 bits per heavy atom. The summed E-state index contributed by atoms with van der Waals surface area (Å²) in [6.07, 6.45) is 10.1. The molecule has 0 saturated heterocycles. The minimum atomic E-state index is 0.143. The normalized spacial score (nSPS) is 14.2. The fraction of sp³-hybridized carbons (Fsp3) is 0.455. The highest BCUT2D eigenvalue weighted by Crippen LogP contribution is 2.30. The first kappa shape index (κ1) is 21.2. The lowest BCUT2D eigenvalue weighted by Gasteiger charge is -2.26. The van der Waals surface area contributed by atoms with Crippen LogP contribution in [0.25, 0.3) is 0 Å². The van der Waals surface area contributed by atoms with E-state index >= 15 is 0 Å². The lowest BCUT2D eigenvalue weighted by molar-refractivity contribution is 0.405. The van der Waals surface area contributed by atoms with Gasteiger partial charge in [0.25, 0.3) is 0 Å². The summed E-state index contributed by atoms with van der Waals surface area (Å²) in [5.41, 5.74) is 6.35. The monoisotopic (exact) mass is 313 g/mol. The van der Waals surface area contributed by atoms with Crippen molar-refractivity contribution in [1.82, 2.24) is 5.32 Å². The molecule has 0 aromatic heterocycles. The zero-order valence-electron chi connectivity index (χ0n) is 16.1. The van der Waals surface area contributed by atoms with Crippen LogP contribution in [0.15, 0.2) is 72.0 Å². The summed E-state index contributed by atoms with van der Waals surface area (Å²) in [4.78, 5) is 0. The van der Waals surface area contributed by atoms with E-state index in [1.807, 2.05) is 6.08 Å². The largest absolute Gasteiger partial charge is 0.391 e. The lowest BCUT2D eigenvalue weighted by Crippen LogP contribution is -2.20. The molecule has 0 amide bonds. The number of allylic oxidation sites excluding steroid dienone is 8. The van der Waals surface area contributed by atoms with Crippen molar-refractivity contribution < 1.29 is 0 Å². The molecule has 1 nitrogen and oxygen atoms in total. The Morgan fingerprint density at radius 2 is 1.70 bits per heavy atom. The predicted molar refractivity (Wildman–Crippen MR) is 106 cm³/mol. The Balaban J connectivity index is 5.53. The third kappa shape index (κ3) is 6.90. The Kier molecular flexibility index (Phi) is 9.32. The molecule has 0 atom stereocenters. The van der Waals surface area contributed by atoms with Gasteiger partial charge in [0.2, 0.25) is 0 Å². The van der Waals surface area contributed by atoms with Gasteiger partial charge in [-0.1, -0.05) is 69.9 Å². The molecule has 0 radical (unpaired) electrons. The first-order chi connectivity index (χ1) is 10.7. The molecular formula is C22H35N. The van der Waals surface area contributed by atoms with E-state index in [1.54, 1.807) is 6.20 Å². The molecule has 0 saturated carbocycles. The van der Waals surface area contributed by atoms with Crippen LogP contribution in [0.4, 0.5) is 0 Å². The second-order valence-electron chi connectivity index (χ2n) is 6.71. The maximum atomic E-state index is 4.14. The molecule has 0 spiro atoms. The summed E-state index contributed by atoms with van der Waals surface area (Å²) in [7, 11) is 0. The van der Waals surface area contributed by atoms with Crippen LogP contribution in [0.3, 0.4) is 0 Å². The summed E-state index contributed by atoms with van der Waals surface area (Å²) in [5, 5.41) is 3.18. The van der Waals surface area contributed by atoms with Gasteiger partial charge in [0.05, 0.1) is 0 Å². The molecule has 0 heterocycles. The molecule has 23 heavy (non-hydrogen) atoms.